The predicted molar refractivity (Wildman–Crippen MR) is 194 cm³/mol. The number of nitrogens with zero attached hydrogens (tertiary/aromatic N) is 4. The molecule has 0 bridgehead atoms. The van der Waals surface area contributed by atoms with Crippen LogP contribution in [-0.4, -0.2) is 26.4 Å². The highest BCUT2D eigenvalue weighted by molar-refractivity contribution is 5.45. The van der Waals surface area contributed by atoms with Crippen LogP contribution in [0, 0.1) is 0 Å². The molecule has 0 saturated heterocycles. The van der Waals surface area contributed by atoms with Gasteiger partial charge in [-0.2, -0.15) is 20.5 Å². The molecule has 0 aliphatic heterocycles. The van der Waals surface area contributed by atoms with Gasteiger partial charge in [-0.05, 0) is 123 Å². The fourth-order valence-corrected chi connectivity index (χ4v) is 4.63. The summed E-state index contributed by atoms with van der Waals surface area (Å²) in [5, 5.41) is 17.3. The van der Waals surface area contributed by atoms with Crippen LogP contribution in [0.4, 0.5) is 22.7 Å². The lowest BCUT2D eigenvalue weighted by molar-refractivity contribution is 0.297. The summed E-state index contributed by atoms with van der Waals surface area (Å²) in [7, 11) is 0. The van der Waals surface area contributed by atoms with E-state index in [0.29, 0.717) is 13.2 Å². The maximum atomic E-state index is 5.91. The zero-order chi connectivity index (χ0) is 33.5. The van der Waals surface area contributed by atoms with Crippen LogP contribution in [0.2, 0.25) is 0 Å². The lowest BCUT2D eigenvalue weighted by Gasteiger charge is -2.07. The van der Waals surface area contributed by atoms with Gasteiger partial charge in [-0.3, -0.25) is 0 Å². The molecule has 254 valence electrons. The maximum absolute atomic E-state index is 5.91. The molecule has 0 amide bonds. The van der Waals surface area contributed by atoms with Gasteiger partial charge in [0.25, 0.3) is 0 Å². The van der Waals surface area contributed by atoms with Gasteiger partial charge in [-0.15, -0.1) is 0 Å². The smallest absolute Gasteiger partial charge is 0.119 e. The molecule has 0 N–H and O–H groups in total. The van der Waals surface area contributed by atoms with Gasteiger partial charge in [0.05, 0.1) is 49.2 Å². The molecule has 0 radical (unpaired) electrons. The van der Waals surface area contributed by atoms with Crippen LogP contribution in [0.25, 0.3) is 0 Å². The van der Waals surface area contributed by atoms with E-state index in [4.69, 9.17) is 18.9 Å². The Morgan fingerprint density at radius 1 is 0.312 bits per heavy atom. The summed E-state index contributed by atoms with van der Waals surface area (Å²) >= 11 is 0. The summed E-state index contributed by atoms with van der Waals surface area (Å²) in [6.45, 7) is 7.21. The first-order valence-corrected chi connectivity index (χ1v) is 17.5. The van der Waals surface area contributed by atoms with E-state index in [1.165, 1.54) is 12.8 Å². The van der Waals surface area contributed by atoms with E-state index < -0.39 is 0 Å². The second kappa shape index (κ2) is 22.0. The van der Waals surface area contributed by atoms with E-state index in [1.807, 2.05) is 97.1 Å². The molecule has 8 heteroatoms. The Balaban J connectivity index is 1.00. The topological polar surface area (TPSA) is 86.4 Å². The Hall–Kier alpha value is -4.72. The Kier molecular flexibility index (Phi) is 16.5. The van der Waals surface area contributed by atoms with Crippen molar-refractivity contribution in [3.8, 4) is 23.0 Å². The maximum Gasteiger partial charge on any atom is 0.119 e. The lowest BCUT2D eigenvalue weighted by atomic mass is 10.1. The molecule has 4 rings (SSSR count). The van der Waals surface area contributed by atoms with Crippen LogP contribution < -0.4 is 18.9 Å². The monoisotopic (exact) mass is 650 g/mol. The van der Waals surface area contributed by atoms with Crippen LogP contribution in [0.3, 0.4) is 0 Å². The number of benzene rings is 4. The highest BCUT2D eigenvalue weighted by atomic mass is 16.5. The second-order valence-electron chi connectivity index (χ2n) is 11.6. The normalized spacial score (nSPS) is 11.3. The molecule has 48 heavy (non-hydrogen) atoms. The summed E-state index contributed by atoms with van der Waals surface area (Å²) in [4.78, 5) is 0. The van der Waals surface area contributed by atoms with E-state index in [1.54, 1.807) is 0 Å². The minimum absolute atomic E-state index is 0.715. The molecule has 8 nitrogen and oxygen atoms in total. The van der Waals surface area contributed by atoms with Crippen LogP contribution in [0.5, 0.6) is 23.0 Å². The van der Waals surface area contributed by atoms with Crippen molar-refractivity contribution in [1.29, 1.82) is 0 Å². The molecule has 0 heterocycles. The second-order valence-corrected chi connectivity index (χ2v) is 11.6. The Morgan fingerprint density at radius 3 is 0.792 bits per heavy atom. The summed E-state index contributed by atoms with van der Waals surface area (Å²) in [5.74, 6) is 3.43. The van der Waals surface area contributed by atoms with Gasteiger partial charge < -0.3 is 18.9 Å². The molecule has 0 fully saturated rings. The van der Waals surface area contributed by atoms with Crippen LogP contribution in [0.15, 0.2) is 118 Å². The molecule has 0 aliphatic rings. The van der Waals surface area contributed by atoms with Crippen molar-refractivity contribution in [3.63, 3.8) is 0 Å². The van der Waals surface area contributed by atoms with Gasteiger partial charge in [-0.25, -0.2) is 0 Å². The fraction of sp³-hybridized carbons (Fsp3) is 0.400. The van der Waals surface area contributed by atoms with E-state index in [2.05, 4.69) is 34.3 Å². The number of hydrogen-bond donors (Lipinski definition) is 0. The summed E-state index contributed by atoms with van der Waals surface area (Å²) in [5.41, 5.74) is 3.17. The van der Waals surface area contributed by atoms with Crippen molar-refractivity contribution in [2.75, 3.05) is 26.4 Å². The van der Waals surface area contributed by atoms with Gasteiger partial charge in [-0.1, -0.05) is 52.4 Å². The molecule has 4 aromatic rings. The number of hydrogen-bond acceptors (Lipinski definition) is 8. The number of azo groups is 2. The quantitative estimate of drug-likeness (QED) is 0.0590. The molecule has 0 aliphatic carbocycles. The minimum atomic E-state index is 0.715. The number of ether oxygens (including phenoxy) is 4. The van der Waals surface area contributed by atoms with Gasteiger partial charge >= 0.3 is 0 Å². The number of unbranched alkanes of at least 4 members (excludes halogenated alkanes) is 7. The van der Waals surface area contributed by atoms with Crippen LogP contribution >= 0.6 is 0 Å². The molecule has 4 aromatic carbocycles. The highest BCUT2D eigenvalue weighted by Crippen LogP contribution is 2.25. The van der Waals surface area contributed by atoms with Crippen molar-refractivity contribution < 1.29 is 18.9 Å². The first-order valence-electron chi connectivity index (χ1n) is 17.5. The fourth-order valence-electron chi connectivity index (χ4n) is 4.63. The van der Waals surface area contributed by atoms with E-state index in [9.17, 15) is 0 Å². The average molecular weight is 651 g/mol. The molecular formula is C40H50N4O4. The Morgan fingerprint density at radius 2 is 0.542 bits per heavy atom. The molecular weight excluding hydrogens is 600 g/mol. The minimum Gasteiger partial charge on any atom is -0.494 e. The predicted octanol–water partition coefficient (Wildman–Crippen LogP) is 12.7. The molecule has 0 atom stereocenters. The molecule has 0 aromatic heterocycles. The molecule has 0 spiro atoms. The van der Waals surface area contributed by atoms with E-state index >= 15 is 0 Å². The van der Waals surface area contributed by atoms with E-state index in [0.717, 1.165) is 110 Å². The first kappa shape index (κ1) is 36.1. The largest absolute Gasteiger partial charge is 0.494 e. The lowest BCUT2D eigenvalue weighted by Crippen LogP contribution is -1.98. The third kappa shape index (κ3) is 14.4. The van der Waals surface area contributed by atoms with Crippen molar-refractivity contribution in [2.24, 2.45) is 20.5 Å². The summed E-state index contributed by atoms with van der Waals surface area (Å²) in [6.07, 6.45) is 11.1. The zero-order valence-corrected chi connectivity index (χ0v) is 28.6. The Labute approximate surface area is 286 Å². The molecule has 0 unspecified atom stereocenters. The van der Waals surface area contributed by atoms with Crippen molar-refractivity contribution >= 4 is 22.7 Å². The van der Waals surface area contributed by atoms with Crippen molar-refractivity contribution in [3.05, 3.63) is 97.1 Å². The molecule has 0 saturated carbocycles. The van der Waals surface area contributed by atoms with Gasteiger partial charge in [0.2, 0.25) is 0 Å². The zero-order valence-electron chi connectivity index (χ0n) is 28.6. The highest BCUT2D eigenvalue weighted by Gasteiger charge is 2.00. The van der Waals surface area contributed by atoms with Gasteiger partial charge in [0.1, 0.15) is 23.0 Å². The average Bonchev–Trinajstić information content (AvgIpc) is 3.13. The van der Waals surface area contributed by atoms with Crippen LogP contribution in [0.1, 0.15) is 78.1 Å². The van der Waals surface area contributed by atoms with Gasteiger partial charge in [0, 0.05) is 0 Å². The van der Waals surface area contributed by atoms with Crippen molar-refractivity contribution in [2.45, 2.75) is 78.1 Å². The van der Waals surface area contributed by atoms with Crippen LogP contribution in [-0.2, 0) is 0 Å². The van der Waals surface area contributed by atoms with Crippen molar-refractivity contribution in [1.82, 2.24) is 0 Å². The summed E-state index contributed by atoms with van der Waals surface area (Å²) in [6, 6.07) is 30.9. The van der Waals surface area contributed by atoms with Gasteiger partial charge in [0.15, 0.2) is 0 Å². The SMILES string of the molecule is CCCCOc1ccc(N=Nc2ccc(OCCCCCCCCOc3ccc(N=Nc4ccc(OCCCC)cc4)cc3)cc2)cc1. The van der Waals surface area contributed by atoms with E-state index in [-0.39, 0.29) is 0 Å². The first-order chi connectivity index (χ1) is 23.7. The Bertz CT molecular complexity index is 1360. The third-order valence-corrected chi connectivity index (χ3v) is 7.52. The standard InChI is InChI=1S/C40H50N4O4/c1-3-5-29-45-37-21-13-33(14-22-37)41-43-35-17-25-39(26-18-35)47-31-11-9-7-8-10-12-32-48-40-27-19-36(20-28-40)44-42-34-15-23-38(24-16-34)46-30-6-4-2/h13-28H,3-12,29-32H2,1-2H3. The summed E-state index contributed by atoms with van der Waals surface area (Å²) < 4.78 is 23.2. The third-order valence-electron chi connectivity index (χ3n) is 7.52. The number of rotatable bonds is 23.